The Bertz CT molecular complexity index is 794. The van der Waals surface area contributed by atoms with Crippen LogP contribution in [0.25, 0.3) is 0 Å². The van der Waals surface area contributed by atoms with E-state index in [9.17, 15) is 12.6 Å². The molecule has 0 amide bonds. The molecule has 29 heavy (non-hydrogen) atoms. The maximum absolute atomic E-state index is 12.2. The van der Waals surface area contributed by atoms with Crippen molar-refractivity contribution in [2.75, 3.05) is 19.3 Å². The van der Waals surface area contributed by atoms with Gasteiger partial charge in [0.1, 0.15) is 0 Å². The van der Waals surface area contributed by atoms with Crippen molar-refractivity contribution in [1.29, 1.82) is 0 Å². The Kier molecular flexibility index (Phi) is 9.58. The fourth-order valence-electron chi connectivity index (χ4n) is 3.47. The number of nitrogens with zero attached hydrogens (tertiary/aromatic N) is 1. The van der Waals surface area contributed by atoms with Gasteiger partial charge in [-0.1, -0.05) is 37.6 Å². The van der Waals surface area contributed by atoms with Gasteiger partial charge in [0, 0.05) is 34.4 Å². The van der Waals surface area contributed by atoms with Crippen LogP contribution in [0.15, 0.2) is 29.3 Å². The fourth-order valence-corrected chi connectivity index (χ4v) is 5.59. The largest absolute Gasteiger partial charge is 0.357 e. The molecule has 3 atom stereocenters. The Morgan fingerprint density at radius 3 is 2.48 bits per heavy atom. The van der Waals surface area contributed by atoms with E-state index in [1.54, 1.807) is 0 Å². The second-order valence-electron chi connectivity index (χ2n) is 7.27. The number of hydrogen-bond acceptors (Lipinski definition) is 4. The van der Waals surface area contributed by atoms with Crippen molar-refractivity contribution in [2.45, 2.75) is 63.1 Å². The number of hydrogen-bond donors (Lipinski definition) is 3. The van der Waals surface area contributed by atoms with Crippen LogP contribution >= 0.6 is 0 Å². The van der Waals surface area contributed by atoms with Crippen molar-refractivity contribution < 1.29 is 12.6 Å². The van der Waals surface area contributed by atoms with Crippen molar-refractivity contribution in [1.82, 2.24) is 15.4 Å². The molecule has 0 radical (unpaired) electrons. The molecule has 0 spiro atoms. The Balaban J connectivity index is 1.97. The van der Waals surface area contributed by atoms with Crippen LogP contribution in [0.5, 0.6) is 0 Å². The predicted molar refractivity (Wildman–Crippen MR) is 121 cm³/mol. The van der Waals surface area contributed by atoms with Crippen LogP contribution in [0.2, 0.25) is 0 Å². The Hall–Kier alpha value is -1.45. The molecule has 0 aromatic heterocycles. The van der Waals surface area contributed by atoms with Crippen LogP contribution in [0.3, 0.4) is 0 Å². The maximum Gasteiger partial charge on any atom is 0.215 e. The smallest absolute Gasteiger partial charge is 0.215 e. The van der Waals surface area contributed by atoms with E-state index in [1.165, 1.54) is 7.05 Å². The summed E-state index contributed by atoms with van der Waals surface area (Å²) in [5.41, 5.74) is 1.76. The lowest BCUT2D eigenvalue weighted by Crippen LogP contribution is -2.46. The minimum atomic E-state index is -3.27. The molecule has 0 aliphatic heterocycles. The van der Waals surface area contributed by atoms with E-state index in [0.29, 0.717) is 6.54 Å². The molecule has 1 aromatic carbocycles. The molecule has 0 bridgehead atoms. The van der Waals surface area contributed by atoms with Crippen molar-refractivity contribution in [2.24, 2.45) is 4.99 Å². The summed E-state index contributed by atoms with van der Waals surface area (Å²) in [4.78, 5) is 4.68. The van der Waals surface area contributed by atoms with E-state index in [-0.39, 0.29) is 17.0 Å². The number of nitrogens with one attached hydrogen (secondary N) is 3. The molecule has 1 saturated carbocycles. The highest BCUT2D eigenvalue weighted by Crippen LogP contribution is 2.23. The Morgan fingerprint density at radius 1 is 1.17 bits per heavy atom. The summed E-state index contributed by atoms with van der Waals surface area (Å²) in [7, 11) is -2.59. The van der Waals surface area contributed by atoms with Crippen LogP contribution in [0, 0.1) is 0 Å². The second-order valence-corrected chi connectivity index (χ2v) is 11.2. The van der Waals surface area contributed by atoms with Crippen molar-refractivity contribution in [3.05, 3.63) is 35.4 Å². The molecule has 2 rings (SSSR count). The highest BCUT2D eigenvalue weighted by Gasteiger charge is 2.26. The molecule has 0 saturated heterocycles. The minimum absolute atomic E-state index is 0.0286. The van der Waals surface area contributed by atoms with Gasteiger partial charge in [0.15, 0.2) is 5.96 Å². The predicted octanol–water partition coefficient (Wildman–Crippen LogP) is 1.87. The molecular formula is C20H34N4O3S2. The van der Waals surface area contributed by atoms with Gasteiger partial charge >= 0.3 is 0 Å². The molecule has 0 heterocycles. The van der Waals surface area contributed by atoms with Gasteiger partial charge in [-0.2, -0.15) is 0 Å². The first-order valence-electron chi connectivity index (χ1n) is 10.3. The van der Waals surface area contributed by atoms with Crippen molar-refractivity contribution in [3.63, 3.8) is 0 Å². The zero-order valence-corrected chi connectivity index (χ0v) is 19.2. The van der Waals surface area contributed by atoms with Gasteiger partial charge in [-0.3, -0.25) is 4.21 Å². The highest BCUT2D eigenvalue weighted by molar-refractivity contribution is 7.88. The van der Waals surface area contributed by atoms with Gasteiger partial charge in [-0.15, -0.1) is 0 Å². The maximum atomic E-state index is 12.2. The molecule has 164 valence electrons. The van der Waals surface area contributed by atoms with Gasteiger partial charge in [0.25, 0.3) is 0 Å². The molecule has 1 aliphatic carbocycles. The average Bonchev–Trinajstić information content (AvgIpc) is 2.72. The molecule has 1 aliphatic rings. The quantitative estimate of drug-likeness (QED) is 0.400. The first kappa shape index (κ1) is 23.8. The summed E-state index contributed by atoms with van der Waals surface area (Å²) in [5, 5.41) is 7.06. The SMILES string of the molecule is CCNC(=NCc1ccc(CS(=O)(=O)NC)cc1)NC1CCCC(S(=O)CC)C1. The number of benzene rings is 1. The normalized spacial score (nSPS) is 21.6. The van der Waals surface area contributed by atoms with E-state index in [0.717, 1.165) is 55.1 Å². The summed E-state index contributed by atoms with van der Waals surface area (Å²) >= 11 is 0. The first-order valence-corrected chi connectivity index (χ1v) is 13.3. The third-order valence-corrected chi connectivity index (χ3v) is 8.15. The zero-order chi connectivity index (χ0) is 21.3. The third kappa shape index (κ3) is 8.06. The van der Waals surface area contributed by atoms with E-state index in [4.69, 9.17) is 0 Å². The minimum Gasteiger partial charge on any atom is -0.357 e. The molecule has 1 aromatic rings. The van der Waals surface area contributed by atoms with Gasteiger partial charge in [0.05, 0.1) is 12.3 Å². The second kappa shape index (κ2) is 11.7. The molecule has 7 nitrogen and oxygen atoms in total. The van der Waals surface area contributed by atoms with Gasteiger partial charge in [0.2, 0.25) is 10.0 Å². The van der Waals surface area contributed by atoms with Gasteiger partial charge in [-0.25, -0.2) is 18.1 Å². The highest BCUT2D eigenvalue weighted by atomic mass is 32.2. The van der Waals surface area contributed by atoms with Gasteiger partial charge in [-0.05, 0) is 44.4 Å². The Morgan fingerprint density at radius 2 is 1.86 bits per heavy atom. The standard InChI is InChI=1S/C20H34N4O3S2/c1-4-22-20(24-18-7-6-8-19(13-18)28(25)5-2)23-14-16-9-11-17(12-10-16)15-29(26,27)21-3/h9-12,18-19,21H,4-8,13-15H2,1-3H3,(H2,22,23,24). The summed E-state index contributed by atoms with van der Waals surface area (Å²) in [5.74, 6) is 1.46. The van der Waals surface area contributed by atoms with Crippen LogP contribution in [-0.2, 0) is 33.1 Å². The third-order valence-electron chi connectivity index (χ3n) is 5.08. The average molecular weight is 443 g/mol. The van der Waals surface area contributed by atoms with Crippen molar-refractivity contribution >= 4 is 26.8 Å². The van der Waals surface area contributed by atoms with Gasteiger partial charge < -0.3 is 10.6 Å². The molecule has 9 heteroatoms. The number of rotatable bonds is 9. The lowest BCUT2D eigenvalue weighted by atomic mass is 9.95. The van der Waals surface area contributed by atoms with E-state index < -0.39 is 20.8 Å². The van der Waals surface area contributed by atoms with Crippen LogP contribution < -0.4 is 15.4 Å². The number of guanidine groups is 1. The number of aliphatic imine (C=N–C) groups is 1. The van der Waals surface area contributed by atoms with E-state index in [2.05, 4.69) is 20.3 Å². The molecule has 1 fully saturated rings. The van der Waals surface area contributed by atoms with Crippen LogP contribution in [-0.4, -0.2) is 49.2 Å². The lowest BCUT2D eigenvalue weighted by Gasteiger charge is -2.30. The first-order chi connectivity index (χ1) is 13.9. The molecule has 3 unspecified atom stereocenters. The summed E-state index contributed by atoms with van der Waals surface area (Å²) in [6.07, 6.45) is 4.11. The van der Waals surface area contributed by atoms with Crippen LogP contribution in [0.1, 0.15) is 50.7 Å². The monoisotopic (exact) mass is 442 g/mol. The van der Waals surface area contributed by atoms with E-state index in [1.807, 2.05) is 38.1 Å². The van der Waals surface area contributed by atoms with Crippen LogP contribution in [0.4, 0.5) is 0 Å². The molecule has 3 N–H and O–H groups in total. The fraction of sp³-hybridized carbons (Fsp3) is 0.650. The zero-order valence-electron chi connectivity index (χ0n) is 17.6. The Labute approximate surface area is 177 Å². The summed E-state index contributed by atoms with van der Waals surface area (Å²) in [6, 6.07) is 7.76. The van der Waals surface area contributed by atoms with Crippen molar-refractivity contribution in [3.8, 4) is 0 Å². The van der Waals surface area contributed by atoms with E-state index >= 15 is 0 Å². The summed E-state index contributed by atoms with van der Waals surface area (Å²) < 4.78 is 37.8. The number of sulfonamides is 1. The topological polar surface area (TPSA) is 99.7 Å². The molecular weight excluding hydrogens is 408 g/mol. The lowest BCUT2D eigenvalue weighted by molar-refractivity contribution is 0.413. The summed E-state index contributed by atoms with van der Waals surface area (Å²) in [6.45, 7) is 5.29.